The smallest absolute Gasteiger partial charge is 0.260 e. The van der Waals surface area contributed by atoms with Gasteiger partial charge in [0.25, 0.3) is 11.8 Å². The molecule has 5 aromatic rings. The molecule has 11 heteroatoms. The Morgan fingerprint density at radius 1 is 0.811 bits per heavy atom. The van der Waals surface area contributed by atoms with Gasteiger partial charge in [-0.2, -0.15) is 5.01 Å². The van der Waals surface area contributed by atoms with E-state index in [9.17, 15) is 23.9 Å². The lowest BCUT2D eigenvalue weighted by Gasteiger charge is -2.51. The molecule has 264 valence electrons. The van der Waals surface area contributed by atoms with Gasteiger partial charge in [0, 0.05) is 21.0 Å². The fraction of sp³-hybridized carbons (Fsp3) is 0.190. The standard InChI is InChI=1S/C42H30BrClFN3O5/c43-24-8-16-28(17-9-24)47-38(50)31-19-18-30-32(35(31)40(47)52)21-33-39(51)48(46-27-14-12-26(45)13-15-27)41(53)42(33,23-6-10-25(44)11-7-23)37(30)36-29-4-2-1-3-22(29)5-20-34(36)49/h1-18,20,31-33,35,37,46,49H,19,21H2/t31-,32+,33-,35-,37+,42+/m0/s1. The molecule has 6 atom stereocenters. The van der Waals surface area contributed by atoms with Crippen LogP contribution in [0.15, 0.2) is 125 Å². The van der Waals surface area contributed by atoms with E-state index in [4.69, 9.17) is 11.6 Å². The van der Waals surface area contributed by atoms with Crippen LogP contribution in [0.1, 0.15) is 29.9 Å². The van der Waals surface area contributed by atoms with E-state index in [-0.39, 0.29) is 30.4 Å². The van der Waals surface area contributed by atoms with Crippen molar-refractivity contribution in [2.45, 2.75) is 24.2 Å². The van der Waals surface area contributed by atoms with Gasteiger partial charge in [0.2, 0.25) is 11.8 Å². The van der Waals surface area contributed by atoms with Crippen molar-refractivity contribution in [3.05, 3.63) is 147 Å². The molecule has 0 unspecified atom stereocenters. The number of aromatic hydroxyl groups is 1. The van der Waals surface area contributed by atoms with Crippen LogP contribution in [0.3, 0.4) is 0 Å². The third-order valence-electron chi connectivity index (χ3n) is 11.6. The first-order valence-electron chi connectivity index (χ1n) is 17.3. The van der Waals surface area contributed by atoms with Gasteiger partial charge in [-0.3, -0.25) is 29.5 Å². The molecule has 0 spiro atoms. The molecule has 2 heterocycles. The monoisotopic (exact) mass is 789 g/mol. The van der Waals surface area contributed by atoms with E-state index in [1.807, 2.05) is 30.3 Å². The van der Waals surface area contributed by atoms with Gasteiger partial charge in [0.05, 0.1) is 34.5 Å². The average Bonchev–Trinajstić information content (AvgIpc) is 3.54. The number of allylic oxidation sites excluding steroid dienone is 2. The van der Waals surface area contributed by atoms with Crippen LogP contribution < -0.4 is 10.3 Å². The molecule has 0 aromatic heterocycles. The lowest BCUT2D eigenvalue weighted by molar-refractivity contribution is -0.138. The molecular formula is C42H30BrClFN3O5. The molecule has 53 heavy (non-hydrogen) atoms. The number of hydrogen-bond donors (Lipinski definition) is 2. The van der Waals surface area contributed by atoms with Crippen molar-refractivity contribution in [2.75, 3.05) is 10.3 Å². The summed E-state index contributed by atoms with van der Waals surface area (Å²) < 4.78 is 14.7. The van der Waals surface area contributed by atoms with Crippen LogP contribution in [-0.2, 0) is 24.6 Å². The molecule has 9 rings (SSSR count). The minimum atomic E-state index is -1.62. The molecule has 4 aliphatic rings. The molecule has 0 radical (unpaired) electrons. The second-order valence-corrected chi connectivity index (χ2v) is 15.4. The third kappa shape index (κ3) is 4.92. The normalized spacial score (nSPS) is 26.4. The van der Waals surface area contributed by atoms with Gasteiger partial charge in [-0.25, -0.2) is 4.39 Å². The summed E-state index contributed by atoms with van der Waals surface area (Å²) in [6, 6.07) is 30.0. The van der Waals surface area contributed by atoms with E-state index in [0.717, 1.165) is 14.9 Å². The highest BCUT2D eigenvalue weighted by molar-refractivity contribution is 9.10. The fourth-order valence-corrected chi connectivity index (χ4v) is 9.79. The van der Waals surface area contributed by atoms with Crippen LogP contribution >= 0.6 is 27.5 Å². The highest BCUT2D eigenvalue weighted by Gasteiger charge is 2.71. The largest absolute Gasteiger partial charge is 0.508 e. The van der Waals surface area contributed by atoms with E-state index in [1.54, 1.807) is 60.7 Å². The highest BCUT2D eigenvalue weighted by atomic mass is 79.9. The summed E-state index contributed by atoms with van der Waals surface area (Å²) in [5.41, 5.74) is 3.78. The summed E-state index contributed by atoms with van der Waals surface area (Å²) in [5, 5.41) is 14.8. The molecule has 5 aromatic carbocycles. The molecule has 4 amide bonds. The highest BCUT2D eigenvalue weighted by Crippen LogP contribution is 2.65. The number of amides is 4. The maximum atomic E-state index is 15.4. The molecule has 8 nitrogen and oxygen atoms in total. The van der Waals surface area contributed by atoms with E-state index >= 15 is 4.79 Å². The number of rotatable bonds is 5. The number of carbonyl (C=O) groups is 4. The molecule has 2 aliphatic carbocycles. The number of phenols is 1. The number of anilines is 2. The predicted molar refractivity (Wildman–Crippen MR) is 201 cm³/mol. The second-order valence-electron chi connectivity index (χ2n) is 14.1. The quantitative estimate of drug-likeness (QED) is 0.137. The Balaban J connectivity index is 1.29. The second kappa shape index (κ2) is 12.4. The van der Waals surface area contributed by atoms with Crippen molar-refractivity contribution in [2.24, 2.45) is 23.7 Å². The number of nitrogens with zero attached hydrogens (tertiary/aromatic N) is 2. The summed E-state index contributed by atoms with van der Waals surface area (Å²) in [7, 11) is 0. The first-order chi connectivity index (χ1) is 25.6. The molecule has 2 N–H and O–H groups in total. The number of imide groups is 2. The van der Waals surface area contributed by atoms with Gasteiger partial charge < -0.3 is 5.11 Å². The molecule has 0 bridgehead atoms. The summed E-state index contributed by atoms with van der Waals surface area (Å²) >= 11 is 9.83. The number of benzene rings is 5. The van der Waals surface area contributed by atoms with Gasteiger partial charge in [-0.05, 0) is 102 Å². The number of carbonyl (C=O) groups excluding carboxylic acids is 4. The zero-order valence-electron chi connectivity index (χ0n) is 27.9. The maximum absolute atomic E-state index is 15.4. The van der Waals surface area contributed by atoms with Crippen LogP contribution in [0.25, 0.3) is 10.8 Å². The number of fused-ring (bicyclic) bond motifs is 5. The van der Waals surface area contributed by atoms with E-state index < -0.39 is 52.6 Å². The first-order valence-corrected chi connectivity index (χ1v) is 18.5. The van der Waals surface area contributed by atoms with Crippen LogP contribution in [-0.4, -0.2) is 33.7 Å². The maximum Gasteiger partial charge on any atom is 0.260 e. The Morgan fingerprint density at radius 3 is 2.26 bits per heavy atom. The zero-order valence-corrected chi connectivity index (χ0v) is 30.2. The minimum Gasteiger partial charge on any atom is -0.508 e. The minimum absolute atomic E-state index is 0.0695. The first kappa shape index (κ1) is 33.5. The topological polar surface area (TPSA) is 107 Å². The summed E-state index contributed by atoms with van der Waals surface area (Å²) in [6.07, 6.45) is 2.27. The van der Waals surface area contributed by atoms with E-state index in [0.29, 0.717) is 38.5 Å². The third-order valence-corrected chi connectivity index (χ3v) is 12.4. The van der Waals surface area contributed by atoms with Crippen molar-refractivity contribution in [3.63, 3.8) is 0 Å². The Morgan fingerprint density at radius 2 is 1.53 bits per heavy atom. The molecule has 2 saturated heterocycles. The summed E-state index contributed by atoms with van der Waals surface area (Å²) in [4.78, 5) is 60.2. The number of phenolic OH excluding ortho intramolecular Hbond substituents is 1. The molecular weight excluding hydrogens is 761 g/mol. The molecule has 1 saturated carbocycles. The number of hydrogen-bond acceptors (Lipinski definition) is 6. The van der Waals surface area contributed by atoms with Crippen molar-refractivity contribution in [1.82, 2.24) is 5.01 Å². The van der Waals surface area contributed by atoms with Crippen molar-refractivity contribution in [1.29, 1.82) is 0 Å². The SMILES string of the molecule is O=C1[C@@H]2C[C@@H]3C(=CC[C@@H]4C(=O)N(c5ccc(Br)cc5)C(=O)[C@@H]43)[C@H](c3c(O)ccc4ccccc34)[C@]2(c2ccc(Cl)cc2)C(=O)N1Nc1ccc(F)cc1. The van der Waals surface area contributed by atoms with Gasteiger partial charge in [-0.15, -0.1) is 0 Å². The van der Waals surface area contributed by atoms with Crippen molar-refractivity contribution >= 4 is 73.3 Å². The van der Waals surface area contributed by atoms with Crippen molar-refractivity contribution < 1.29 is 28.7 Å². The number of halogens is 3. The van der Waals surface area contributed by atoms with E-state index in [2.05, 4.69) is 21.4 Å². The lowest BCUT2D eigenvalue weighted by atomic mass is 9.48. The van der Waals surface area contributed by atoms with Gasteiger partial charge in [-0.1, -0.05) is 81.6 Å². The number of hydrazine groups is 1. The van der Waals surface area contributed by atoms with Crippen LogP contribution in [0.4, 0.5) is 15.8 Å². The summed E-state index contributed by atoms with van der Waals surface area (Å²) in [6.45, 7) is 0. The predicted octanol–water partition coefficient (Wildman–Crippen LogP) is 8.29. The fourth-order valence-electron chi connectivity index (χ4n) is 9.40. The van der Waals surface area contributed by atoms with Crippen molar-refractivity contribution in [3.8, 4) is 5.75 Å². The van der Waals surface area contributed by atoms with Gasteiger partial charge in [0.1, 0.15) is 11.6 Å². The van der Waals surface area contributed by atoms with Gasteiger partial charge >= 0.3 is 0 Å². The Bertz CT molecular complexity index is 2400. The lowest BCUT2D eigenvalue weighted by Crippen LogP contribution is -2.53. The van der Waals surface area contributed by atoms with Crippen LogP contribution in [0.5, 0.6) is 5.75 Å². The Kier molecular flexibility index (Phi) is 7.83. The van der Waals surface area contributed by atoms with Crippen LogP contribution in [0.2, 0.25) is 5.02 Å². The number of nitrogens with one attached hydrogen (secondary N) is 1. The average molecular weight is 791 g/mol. The summed E-state index contributed by atoms with van der Waals surface area (Å²) in [5.74, 6) is -6.43. The Hall–Kier alpha value is -5.32. The molecule has 2 aliphatic heterocycles. The Labute approximate surface area is 316 Å². The van der Waals surface area contributed by atoms with E-state index in [1.165, 1.54) is 29.2 Å². The van der Waals surface area contributed by atoms with Gasteiger partial charge in [0.15, 0.2) is 0 Å². The van der Waals surface area contributed by atoms with Crippen LogP contribution in [0, 0.1) is 29.5 Å². The molecule has 3 fully saturated rings. The zero-order chi connectivity index (χ0) is 36.8.